The molecule has 0 aliphatic heterocycles. The summed E-state index contributed by atoms with van der Waals surface area (Å²) in [5, 5.41) is 28.0. The number of aromatic hydroxyl groups is 1. The predicted octanol–water partition coefficient (Wildman–Crippen LogP) is 2.57. The summed E-state index contributed by atoms with van der Waals surface area (Å²) >= 11 is 0. The Hall–Kier alpha value is -1.73. The lowest BCUT2D eigenvalue weighted by molar-refractivity contribution is 0.195. The molecule has 1 rings (SSSR count). The summed E-state index contributed by atoms with van der Waals surface area (Å²) in [5.74, 6) is 0.0881. The summed E-state index contributed by atoms with van der Waals surface area (Å²) in [5.41, 5.74) is 1.38. The summed E-state index contributed by atoms with van der Waals surface area (Å²) < 4.78 is 0. The first kappa shape index (κ1) is 14.3. The number of rotatable bonds is 5. The molecule has 4 nitrogen and oxygen atoms in total. The molecule has 2 N–H and O–H groups in total. The first-order valence-corrected chi connectivity index (χ1v) is 6.12. The molecule has 0 bridgehead atoms. The SMILES string of the molecule is CC(O)c1ccc(N(CCC#N)C(C)C)cc1O. The van der Waals surface area contributed by atoms with Gasteiger partial charge in [-0.25, -0.2) is 0 Å². The Labute approximate surface area is 108 Å². The van der Waals surface area contributed by atoms with Gasteiger partial charge < -0.3 is 15.1 Å². The van der Waals surface area contributed by atoms with E-state index in [1.54, 1.807) is 19.1 Å². The molecule has 0 radical (unpaired) electrons. The molecule has 0 fully saturated rings. The fourth-order valence-electron chi connectivity index (χ4n) is 1.92. The molecule has 1 aromatic rings. The summed E-state index contributed by atoms with van der Waals surface area (Å²) in [6, 6.07) is 7.59. The van der Waals surface area contributed by atoms with Gasteiger partial charge in [0, 0.05) is 29.9 Å². The van der Waals surface area contributed by atoms with E-state index in [2.05, 4.69) is 11.0 Å². The van der Waals surface area contributed by atoms with Crippen molar-refractivity contribution in [3.8, 4) is 11.8 Å². The summed E-state index contributed by atoms with van der Waals surface area (Å²) in [6.07, 6.45) is -0.248. The quantitative estimate of drug-likeness (QED) is 0.840. The minimum atomic E-state index is -0.689. The zero-order valence-electron chi connectivity index (χ0n) is 11.1. The van der Waals surface area contributed by atoms with Gasteiger partial charge in [-0.1, -0.05) is 6.07 Å². The van der Waals surface area contributed by atoms with Crippen LogP contribution in [0.3, 0.4) is 0 Å². The lowest BCUT2D eigenvalue weighted by atomic mass is 10.1. The minimum absolute atomic E-state index is 0.0881. The van der Waals surface area contributed by atoms with Crippen LogP contribution in [0.5, 0.6) is 5.75 Å². The van der Waals surface area contributed by atoms with Gasteiger partial charge in [-0.05, 0) is 26.8 Å². The molecule has 0 aromatic heterocycles. The van der Waals surface area contributed by atoms with E-state index in [-0.39, 0.29) is 11.8 Å². The number of hydrogen-bond acceptors (Lipinski definition) is 4. The van der Waals surface area contributed by atoms with Crippen molar-refractivity contribution in [2.75, 3.05) is 11.4 Å². The van der Waals surface area contributed by atoms with Gasteiger partial charge in [0.15, 0.2) is 0 Å². The lowest BCUT2D eigenvalue weighted by Gasteiger charge is -2.28. The Kier molecular flexibility index (Phi) is 4.99. The second-order valence-electron chi connectivity index (χ2n) is 4.61. The topological polar surface area (TPSA) is 67.5 Å². The highest BCUT2D eigenvalue weighted by Crippen LogP contribution is 2.29. The Morgan fingerprint density at radius 1 is 1.33 bits per heavy atom. The third-order valence-electron chi connectivity index (χ3n) is 2.88. The molecular weight excluding hydrogens is 228 g/mol. The maximum Gasteiger partial charge on any atom is 0.123 e. The Balaban J connectivity index is 3.00. The van der Waals surface area contributed by atoms with Gasteiger partial charge in [-0.2, -0.15) is 5.26 Å². The van der Waals surface area contributed by atoms with Crippen molar-refractivity contribution in [1.29, 1.82) is 5.26 Å². The number of hydrogen-bond donors (Lipinski definition) is 2. The average molecular weight is 248 g/mol. The van der Waals surface area contributed by atoms with E-state index >= 15 is 0 Å². The van der Waals surface area contributed by atoms with Crippen LogP contribution in [0, 0.1) is 11.3 Å². The molecule has 1 atom stereocenters. The summed E-state index contributed by atoms with van der Waals surface area (Å²) in [4.78, 5) is 2.05. The smallest absolute Gasteiger partial charge is 0.123 e. The normalized spacial score (nSPS) is 12.2. The van der Waals surface area contributed by atoms with E-state index in [9.17, 15) is 10.2 Å². The largest absolute Gasteiger partial charge is 0.507 e. The van der Waals surface area contributed by atoms with Crippen LogP contribution in [0.25, 0.3) is 0 Å². The second kappa shape index (κ2) is 6.27. The molecule has 1 unspecified atom stereocenters. The molecule has 0 saturated heterocycles. The number of nitriles is 1. The number of phenols is 1. The van der Waals surface area contributed by atoms with Crippen molar-refractivity contribution in [2.45, 2.75) is 39.3 Å². The van der Waals surface area contributed by atoms with E-state index in [1.807, 2.05) is 19.9 Å². The molecule has 18 heavy (non-hydrogen) atoms. The highest BCUT2D eigenvalue weighted by Gasteiger charge is 2.14. The minimum Gasteiger partial charge on any atom is -0.507 e. The van der Waals surface area contributed by atoms with Crippen molar-refractivity contribution in [3.05, 3.63) is 23.8 Å². The zero-order valence-corrected chi connectivity index (χ0v) is 11.1. The standard InChI is InChI=1S/C14H20N2O2/c1-10(2)16(8-4-7-15)12-5-6-13(11(3)17)14(18)9-12/h5-6,9-11,17-18H,4,8H2,1-3H3. The number of aliphatic hydroxyl groups excluding tert-OH is 1. The van der Waals surface area contributed by atoms with Crippen molar-refractivity contribution >= 4 is 5.69 Å². The number of aliphatic hydroxyl groups is 1. The third kappa shape index (κ3) is 3.38. The Bertz CT molecular complexity index is 436. The zero-order chi connectivity index (χ0) is 13.7. The first-order valence-electron chi connectivity index (χ1n) is 6.12. The van der Waals surface area contributed by atoms with Crippen molar-refractivity contribution in [2.24, 2.45) is 0 Å². The van der Waals surface area contributed by atoms with Crippen LogP contribution in [-0.4, -0.2) is 22.8 Å². The van der Waals surface area contributed by atoms with Gasteiger partial charge in [0.25, 0.3) is 0 Å². The number of phenolic OH excluding ortho intramolecular Hbond substituents is 1. The number of nitrogens with zero attached hydrogens (tertiary/aromatic N) is 2. The van der Waals surface area contributed by atoms with Crippen LogP contribution in [0.4, 0.5) is 5.69 Å². The fourth-order valence-corrected chi connectivity index (χ4v) is 1.92. The van der Waals surface area contributed by atoms with Gasteiger partial charge in [0.05, 0.1) is 18.6 Å². The van der Waals surface area contributed by atoms with E-state index < -0.39 is 6.10 Å². The maximum absolute atomic E-state index is 9.87. The van der Waals surface area contributed by atoms with Crippen molar-refractivity contribution in [3.63, 3.8) is 0 Å². The monoisotopic (exact) mass is 248 g/mol. The van der Waals surface area contributed by atoms with Crippen LogP contribution in [-0.2, 0) is 0 Å². The van der Waals surface area contributed by atoms with Gasteiger partial charge in [0.1, 0.15) is 5.75 Å². The molecule has 0 saturated carbocycles. The van der Waals surface area contributed by atoms with Crippen LogP contribution < -0.4 is 4.90 Å². The van der Waals surface area contributed by atoms with Gasteiger partial charge >= 0.3 is 0 Å². The molecule has 0 heterocycles. The van der Waals surface area contributed by atoms with E-state index in [1.165, 1.54) is 0 Å². The second-order valence-corrected chi connectivity index (χ2v) is 4.61. The average Bonchev–Trinajstić information content (AvgIpc) is 2.28. The molecule has 4 heteroatoms. The van der Waals surface area contributed by atoms with Crippen LogP contribution in [0.2, 0.25) is 0 Å². The molecule has 0 spiro atoms. The first-order chi connectivity index (χ1) is 8.47. The lowest BCUT2D eigenvalue weighted by Crippen LogP contribution is -2.31. The number of anilines is 1. The molecule has 0 aliphatic rings. The molecule has 0 aliphatic carbocycles. The Morgan fingerprint density at radius 3 is 2.44 bits per heavy atom. The highest BCUT2D eigenvalue weighted by atomic mass is 16.3. The van der Waals surface area contributed by atoms with E-state index in [0.717, 1.165) is 5.69 Å². The van der Waals surface area contributed by atoms with Gasteiger partial charge in [-0.3, -0.25) is 0 Å². The third-order valence-corrected chi connectivity index (χ3v) is 2.88. The van der Waals surface area contributed by atoms with E-state index in [0.29, 0.717) is 18.5 Å². The highest BCUT2D eigenvalue weighted by molar-refractivity contribution is 5.54. The molecule has 0 amide bonds. The van der Waals surface area contributed by atoms with Gasteiger partial charge in [-0.15, -0.1) is 0 Å². The Morgan fingerprint density at radius 2 is 2.00 bits per heavy atom. The van der Waals surface area contributed by atoms with Crippen molar-refractivity contribution in [1.82, 2.24) is 0 Å². The fraction of sp³-hybridized carbons (Fsp3) is 0.500. The molecule has 98 valence electrons. The van der Waals surface area contributed by atoms with Gasteiger partial charge in [0.2, 0.25) is 0 Å². The predicted molar refractivity (Wildman–Crippen MR) is 71.5 cm³/mol. The van der Waals surface area contributed by atoms with E-state index in [4.69, 9.17) is 5.26 Å². The van der Waals surface area contributed by atoms with Crippen LogP contribution in [0.1, 0.15) is 38.9 Å². The molecular formula is C14H20N2O2. The van der Waals surface area contributed by atoms with Crippen LogP contribution >= 0.6 is 0 Å². The van der Waals surface area contributed by atoms with Crippen LogP contribution in [0.15, 0.2) is 18.2 Å². The summed E-state index contributed by atoms with van der Waals surface area (Å²) in [7, 11) is 0. The maximum atomic E-state index is 9.87. The van der Waals surface area contributed by atoms with Crippen molar-refractivity contribution < 1.29 is 10.2 Å². The molecule has 1 aromatic carbocycles. The summed E-state index contributed by atoms with van der Waals surface area (Å²) in [6.45, 7) is 6.32. The number of benzene rings is 1.